The smallest absolute Gasteiger partial charge is 0.349 e. The van der Waals surface area contributed by atoms with Crippen LogP contribution < -0.4 is 20.4 Å². The molecule has 1 heterocycles. The van der Waals surface area contributed by atoms with Gasteiger partial charge in [0.05, 0.1) is 24.5 Å². The van der Waals surface area contributed by atoms with Crippen LogP contribution in [0.3, 0.4) is 0 Å². The van der Waals surface area contributed by atoms with Crippen molar-refractivity contribution in [1.82, 2.24) is 10.6 Å². The van der Waals surface area contributed by atoms with E-state index in [9.17, 15) is 41.1 Å². The zero-order valence-corrected chi connectivity index (χ0v) is 19.7. The molecule has 2 unspecified atom stereocenters. The normalized spacial score (nSPS) is 16.9. The van der Waals surface area contributed by atoms with Crippen molar-refractivity contribution >= 4 is 35.0 Å². The van der Waals surface area contributed by atoms with Crippen molar-refractivity contribution in [3.63, 3.8) is 0 Å². The lowest BCUT2D eigenvalue weighted by molar-refractivity contribution is -0.278. The Kier molecular flexibility index (Phi) is 7.84. The van der Waals surface area contributed by atoms with Gasteiger partial charge in [-0.3, -0.25) is 19.2 Å². The summed E-state index contributed by atoms with van der Waals surface area (Å²) in [5, 5.41) is 3.74. The quantitative estimate of drug-likeness (QED) is 0.447. The third kappa shape index (κ3) is 5.87. The van der Waals surface area contributed by atoms with Gasteiger partial charge in [-0.15, -0.1) is 0 Å². The van der Waals surface area contributed by atoms with E-state index in [4.69, 9.17) is 0 Å². The first-order valence-corrected chi connectivity index (χ1v) is 11.0. The molecule has 37 heavy (non-hydrogen) atoms. The second kappa shape index (κ2) is 10.5. The van der Waals surface area contributed by atoms with Crippen LogP contribution in [0.25, 0.3) is 0 Å². The van der Waals surface area contributed by atoms with Crippen LogP contribution in [-0.2, 0) is 14.4 Å². The number of rotatable bonds is 6. The van der Waals surface area contributed by atoms with E-state index in [1.807, 2.05) is 0 Å². The summed E-state index contributed by atoms with van der Waals surface area (Å²) in [6.07, 6.45) is -5.88. The largest absolute Gasteiger partial charge is 0.455 e. The molecule has 3 rings (SSSR count). The van der Waals surface area contributed by atoms with Gasteiger partial charge in [-0.2, -0.15) is 22.0 Å². The minimum absolute atomic E-state index is 0.303. The highest BCUT2D eigenvalue weighted by Gasteiger charge is 2.57. The molecule has 0 fully saturated rings. The molecular weight excluding hydrogens is 503 g/mol. The highest BCUT2D eigenvalue weighted by Crippen LogP contribution is 2.35. The molecule has 198 valence electrons. The van der Waals surface area contributed by atoms with Gasteiger partial charge in [-0.1, -0.05) is 30.3 Å². The standard InChI is InChI=1S/C24H23F5N4O4/c1-14(19(34)30-13-23(25,26)24(27,28)29)20(35)31-16-12-33(21(36)15-8-4-3-5-9-15)18-11-7-6-10-17(18)32(2)22(16)37/h3-11,14,16H,12-13H2,1-2H3,(H,30,34)(H,31,35). The van der Waals surface area contributed by atoms with Gasteiger partial charge in [-0.25, -0.2) is 0 Å². The van der Waals surface area contributed by atoms with Gasteiger partial charge in [-0.05, 0) is 31.2 Å². The van der Waals surface area contributed by atoms with Crippen LogP contribution in [-0.4, -0.2) is 61.9 Å². The third-order valence-electron chi connectivity index (χ3n) is 5.80. The number of hydrogen-bond acceptors (Lipinski definition) is 4. The fourth-order valence-corrected chi connectivity index (χ4v) is 3.59. The van der Waals surface area contributed by atoms with Gasteiger partial charge in [0.15, 0.2) is 0 Å². The minimum Gasteiger partial charge on any atom is -0.349 e. The van der Waals surface area contributed by atoms with Gasteiger partial charge in [0.1, 0.15) is 12.0 Å². The summed E-state index contributed by atoms with van der Waals surface area (Å²) in [7, 11) is 1.42. The van der Waals surface area contributed by atoms with Gasteiger partial charge < -0.3 is 20.4 Å². The number of alkyl halides is 5. The summed E-state index contributed by atoms with van der Waals surface area (Å²) in [6.45, 7) is -1.39. The first-order valence-electron chi connectivity index (χ1n) is 11.0. The summed E-state index contributed by atoms with van der Waals surface area (Å²) >= 11 is 0. The van der Waals surface area contributed by atoms with E-state index in [1.165, 1.54) is 22.2 Å². The van der Waals surface area contributed by atoms with Crippen LogP contribution in [0, 0.1) is 5.92 Å². The van der Waals surface area contributed by atoms with Crippen molar-refractivity contribution in [2.24, 2.45) is 5.92 Å². The van der Waals surface area contributed by atoms with Crippen molar-refractivity contribution in [2.75, 3.05) is 29.9 Å². The van der Waals surface area contributed by atoms with Gasteiger partial charge in [0, 0.05) is 12.6 Å². The molecule has 2 aromatic rings. The van der Waals surface area contributed by atoms with Crippen molar-refractivity contribution in [3.8, 4) is 0 Å². The number of nitrogens with one attached hydrogen (secondary N) is 2. The average Bonchev–Trinajstić information content (AvgIpc) is 2.97. The van der Waals surface area contributed by atoms with Crippen molar-refractivity contribution in [3.05, 3.63) is 60.2 Å². The molecule has 13 heteroatoms. The Morgan fingerprint density at radius 3 is 2.11 bits per heavy atom. The van der Waals surface area contributed by atoms with Crippen LogP contribution >= 0.6 is 0 Å². The highest BCUT2D eigenvalue weighted by molar-refractivity contribution is 6.13. The van der Waals surface area contributed by atoms with Crippen LogP contribution in [0.5, 0.6) is 0 Å². The van der Waals surface area contributed by atoms with E-state index in [2.05, 4.69) is 5.32 Å². The number of carbonyl (C=O) groups is 4. The molecule has 1 aliphatic heterocycles. The topological polar surface area (TPSA) is 98.8 Å². The van der Waals surface area contributed by atoms with Crippen LogP contribution in [0.4, 0.5) is 33.3 Å². The maximum Gasteiger partial charge on any atom is 0.455 e. The number of amides is 4. The van der Waals surface area contributed by atoms with Crippen molar-refractivity contribution in [1.29, 1.82) is 0 Å². The summed E-state index contributed by atoms with van der Waals surface area (Å²) < 4.78 is 63.3. The van der Waals surface area contributed by atoms with E-state index in [1.54, 1.807) is 54.6 Å². The summed E-state index contributed by atoms with van der Waals surface area (Å²) in [4.78, 5) is 53.8. The first kappa shape index (κ1) is 27.6. The Hall–Kier alpha value is -4.03. The maximum absolute atomic E-state index is 13.3. The fourth-order valence-electron chi connectivity index (χ4n) is 3.59. The highest BCUT2D eigenvalue weighted by atomic mass is 19.4. The summed E-state index contributed by atoms with van der Waals surface area (Å²) in [5.74, 6) is -10.5. The van der Waals surface area contributed by atoms with Crippen LogP contribution in [0.1, 0.15) is 17.3 Å². The Labute approximate surface area is 208 Å². The molecule has 2 aromatic carbocycles. The van der Waals surface area contributed by atoms with Gasteiger partial charge >= 0.3 is 12.1 Å². The SMILES string of the molecule is CC(C(=O)NCC(F)(F)C(F)(F)F)C(=O)NC1CN(C(=O)c2ccccc2)c2ccccc2N(C)C1=O. The number of anilines is 2. The monoisotopic (exact) mass is 526 g/mol. The zero-order chi connectivity index (χ0) is 27.5. The molecule has 2 atom stereocenters. The number of likely N-dealkylation sites (N-methyl/N-ethyl adjacent to an activating group) is 1. The number of hydrogen-bond donors (Lipinski definition) is 2. The second-order valence-electron chi connectivity index (χ2n) is 8.37. The molecule has 2 N–H and O–H groups in total. The molecule has 0 aliphatic carbocycles. The molecule has 0 aromatic heterocycles. The predicted molar refractivity (Wildman–Crippen MR) is 123 cm³/mol. The maximum atomic E-state index is 13.3. The lowest BCUT2D eigenvalue weighted by Gasteiger charge is -2.26. The molecule has 0 spiro atoms. The summed E-state index contributed by atoms with van der Waals surface area (Å²) in [6, 6.07) is 13.3. The fraction of sp³-hybridized carbons (Fsp3) is 0.333. The third-order valence-corrected chi connectivity index (χ3v) is 5.80. The Bertz CT molecular complexity index is 1190. The molecule has 1 aliphatic rings. The summed E-state index contributed by atoms with van der Waals surface area (Å²) in [5.41, 5.74) is 1.05. The number of halogens is 5. The number of carbonyl (C=O) groups excluding carboxylic acids is 4. The molecule has 0 bridgehead atoms. The van der Waals surface area contributed by atoms with E-state index in [0.717, 1.165) is 6.92 Å². The molecule has 0 saturated carbocycles. The molecule has 0 radical (unpaired) electrons. The van der Waals surface area contributed by atoms with Gasteiger partial charge in [0.25, 0.3) is 11.8 Å². The lowest BCUT2D eigenvalue weighted by Crippen LogP contribution is -2.55. The van der Waals surface area contributed by atoms with E-state index >= 15 is 0 Å². The molecule has 0 saturated heterocycles. The second-order valence-corrected chi connectivity index (χ2v) is 8.37. The van der Waals surface area contributed by atoms with E-state index < -0.39 is 54.2 Å². The minimum atomic E-state index is -5.88. The molecule has 4 amide bonds. The number of fused-ring (bicyclic) bond motifs is 1. The van der Waals surface area contributed by atoms with E-state index in [0.29, 0.717) is 16.9 Å². The van der Waals surface area contributed by atoms with Gasteiger partial charge in [0.2, 0.25) is 11.8 Å². The molecular formula is C24H23F5N4O4. The van der Waals surface area contributed by atoms with Crippen molar-refractivity contribution in [2.45, 2.75) is 25.1 Å². The van der Waals surface area contributed by atoms with E-state index in [-0.39, 0.29) is 6.54 Å². The average molecular weight is 526 g/mol. The number of nitrogens with zero attached hydrogens (tertiary/aromatic N) is 2. The Morgan fingerprint density at radius 1 is 0.946 bits per heavy atom. The zero-order valence-electron chi connectivity index (χ0n) is 19.7. The van der Waals surface area contributed by atoms with Crippen molar-refractivity contribution < 1.29 is 41.1 Å². The number of benzene rings is 2. The first-order chi connectivity index (χ1) is 17.2. The Balaban J connectivity index is 1.81. The Morgan fingerprint density at radius 2 is 1.51 bits per heavy atom. The number of para-hydroxylation sites is 2. The van der Waals surface area contributed by atoms with Crippen LogP contribution in [0.15, 0.2) is 54.6 Å². The lowest BCUT2D eigenvalue weighted by atomic mass is 10.1. The van der Waals surface area contributed by atoms with Crippen LogP contribution in [0.2, 0.25) is 0 Å². The predicted octanol–water partition coefficient (Wildman–Crippen LogP) is 2.74. The molecule has 8 nitrogen and oxygen atoms in total.